The molecule has 2 aromatic carbocycles. The summed E-state index contributed by atoms with van der Waals surface area (Å²) in [6.07, 6.45) is 1.40. The van der Waals surface area contributed by atoms with Crippen molar-refractivity contribution < 1.29 is 9.59 Å². The Hall–Kier alpha value is -3.21. The van der Waals surface area contributed by atoms with Gasteiger partial charge in [-0.25, -0.2) is 4.68 Å². The van der Waals surface area contributed by atoms with Gasteiger partial charge in [-0.1, -0.05) is 48.5 Å². The molecule has 5 nitrogen and oxygen atoms in total. The molecule has 1 amide bonds. The number of aryl methyl sites for hydroxylation is 1. The minimum absolute atomic E-state index is 0.00721. The Morgan fingerprint density at radius 3 is 2.10 bits per heavy atom. The first kappa shape index (κ1) is 19.1. The Morgan fingerprint density at radius 1 is 0.897 bits per heavy atom. The van der Waals surface area contributed by atoms with Crippen LogP contribution < -0.4 is 0 Å². The molecule has 1 aliphatic rings. The van der Waals surface area contributed by atoms with E-state index < -0.39 is 0 Å². The van der Waals surface area contributed by atoms with E-state index in [-0.39, 0.29) is 17.6 Å². The highest BCUT2D eigenvalue weighted by molar-refractivity contribution is 5.99. The fourth-order valence-corrected chi connectivity index (χ4v) is 4.11. The van der Waals surface area contributed by atoms with E-state index in [2.05, 4.69) is 5.10 Å². The zero-order valence-electron chi connectivity index (χ0n) is 16.8. The summed E-state index contributed by atoms with van der Waals surface area (Å²) in [5.41, 5.74) is 3.95. The van der Waals surface area contributed by atoms with Gasteiger partial charge in [0.05, 0.1) is 22.6 Å². The smallest absolute Gasteiger partial charge is 0.257 e. The number of hydrogen-bond acceptors (Lipinski definition) is 3. The average Bonchev–Trinajstić information content (AvgIpc) is 3.08. The lowest BCUT2D eigenvalue weighted by Crippen LogP contribution is -2.40. The van der Waals surface area contributed by atoms with Gasteiger partial charge in [-0.2, -0.15) is 5.10 Å². The van der Waals surface area contributed by atoms with Crippen molar-refractivity contribution in [3.63, 3.8) is 0 Å². The van der Waals surface area contributed by atoms with Gasteiger partial charge in [-0.05, 0) is 38.8 Å². The minimum Gasteiger partial charge on any atom is -0.338 e. The fraction of sp³-hybridized carbons (Fsp3) is 0.292. The first-order valence-corrected chi connectivity index (χ1v) is 10.1. The van der Waals surface area contributed by atoms with Crippen LogP contribution in [0.5, 0.6) is 0 Å². The number of rotatable bonds is 4. The molecule has 0 saturated carbocycles. The molecule has 0 radical (unpaired) electrons. The van der Waals surface area contributed by atoms with Crippen LogP contribution in [0.2, 0.25) is 0 Å². The van der Waals surface area contributed by atoms with Crippen LogP contribution in [0.1, 0.15) is 44.9 Å². The number of carbonyl (C=O) groups is 2. The highest BCUT2D eigenvalue weighted by atomic mass is 16.2. The fourth-order valence-electron chi connectivity index (χ4n) is 4.11. The number of likely N-dealkylation sites (tertiary alicyclic amines) is 1. The molecule has 3 aromatic rings. The molecular weight excluding hydrogens is 362 g/mol. The standard InChI is InChI=1S/C24H25N3O2/c1-17-22(18(2)27(25-17)21-11-7-4-8-12-21)24(29)26-15-13-20(14-16-26)23(28)19-9-5-3-6-10-19/h3-12,20H,13-16H2,1-2H3. The summed E-state index contributed by atoms with van der Waals surface area (Å²) in [5, 5.41) is 4.59. The summed E-state index contributed by atoms with van der Waals surface area (Å²) >= 11 is 0. The van der Waals surface area contributed by atoms with E-state index in [4.69, 9.17) is 0 Å². The number of hydrogen-bond donors (Lipinski definition) is 0. The van der Waals surface area contributed by atoms with E-state index in [1.807, 2.05) is 84.1 Å². The number of nitrogens with zero attached hydrogens (tertiary/aromatic N) is 3. The van der Waals surface area contributed by atoms with Gasteiger partial charge in [0, 0.05) is 24.6 Å². The highest BCUT2D eigenvalue weighted by Gasteiger charge is 2.30. The monoisotopic (exact) mass is 387 g/mol. The zero-order valence-corrected chi connectivity index (χ0v) is 16.8. The Balaban J connectivity index is 1.48. The number of Topliss-reactive ketones (excluding diaryl/α,β-unsaturated/α-hetero) is 1. The summed E-state index contributed by atoms with van der Waals surface area (Å²) in [6.45, 7) is 5.01. The summed E-state index contributed by atoms with van der Waals surface area (Å²) in [4.78, 5) is 27.8. The van der Waals surface area contributed by atoms with Crippen molar-refractivity contribution in [2.24, 2.45) is 5.92 Å². The Morgan fingerprint density at radius 2 is 1.48 bits per heavy atom. The largest absolute Gasteiger partial charge is 0.338 e. The molecule has 0 spiro atoms. The summed E-state index contributed by atoms with van der Waals surface area (Å²) in [5.74, 6) is 0.172. The molecule has 1 saturated heterocycles. The lowest BCUT2D eigenvalue weighted by atomic mass is 9.88. The Kier molecular flexibility index (Phi) is 5.30. The average molecular weight is 387 g/mol. The van der Waals surface area contributed by atoms with Crippen molar-refractivity contribution in [2.75, 3.05) is 13.1 Å². The van der Waals surface area contributed by atoms with Crippen molar-refractivity contribution in [3.05, 3.63) is 83.2 Å². The number of ketones is 1. The topological polar surface area (TPSA) is 55.2 Å². The van der Waals surface area contributed by atoms with Gasteiger partial charge < -0.3 is 4.90 Å². The first-order valence-electron chi connectivity index (χ1n) is 10.1. The van der Waals surface area contributed by atoms with Gasteiger partial charge in [-0.3, -0.25) is 9.59 Å². The molecule has 0 bridgehead atoms. The molecule has 29 heavy (non-hydrogen) atoms. The van der Waals surface area contributed by atoms with Crippen LogP contribution in [0.15, 0.2) is 60.7 Å². The lowest BCUT2D eigenvalue weighted by Gasteiger charge is -2.31. The Bertz CT molecular complexity index is 1020. The molecule has 4 rings (SSSR count). The van der Waals surface area contributed by atoms with E-state index in [1.165, 1.54) is 0 Å². The van der Waals surface area contributed by atoms with E-state index in [1.54, 1.807) is 0 Å². The quantitative estimate of drug-likeness (QED) is 0.630. The van der Waals surface area contributed by atoms with Crippen LogP contribution in [-0.2, 0) is 0 Å². The second-order valence-electron chi connectivity index (χ2n) is 7.59. The number of piperidine rings is 1. The number of benzene rings is 2. The van der Waals surface area contributed by atoms with Crippen molar-refractivity contribution in [1.29, 1.82) is 0 Å². The number of para-hydroxylation sites is 1. The Labute approximate surface area is 171 Å². The van der Waals surface area contributed by atoms with Crippen LogP contribution in [-0.4, -0.2) is 39.5 Å². The molecule has 0 aliphatic carbocycles. The number of amides is 1. The van der Waals surface area contributed by atoms with E-state index in [0.29, 0.717) is 31.5 Å². The van der Waals surface area contributed by atoms with Crippen molar-refractivity contribution in [3.8, 4) is 5.69 Å². The maximum atomic E-state index is 13.2. The normalized spacial score (nSPS) is 14.8. The van der Waals surface area contributed by atoms with Gasteiger partial charge >= 0.3 is 0 Å². The first-order chi connectivity index (χ1) is 14.1. The zero-order chi connectivity index (χ0) is 20.4. The van der Waals surface area contributed by atoms with Gasteiger partial charge in [0.2, 0.25) is 0 Å². The van der Waals surface area contributed by atoms with Gasteiger partial charge in [0.25, 0.3) is 5.91 Å². The van der Waals surface area contributed by atoms with Gasteiger partial charge in [0.15, 0.2) is 5.78 Å². The molecule has 1 aromatic heterocycles. The molecule has 0 N–H and O–H groups in total. The lowest BCUT2D eigenvalue weighted by molar-refractivity contribution is 0.0649. The molecule has 0 unspecified atom stereocenters. The summed E-state index contributed by atoms with van der Waals surface area (Å²) in [6, 6.07) is 19.3. The van der Waals surface area contributed by atoms with Crippen LogP contribution in [0.4, 0.5) is 0 Å². The maximum Gasteiger partial charge on any atom is 0.257 e. The predicted molar refractivity (Wildman–Crippen MR) is 112 cm³/mol. The molecule has 1 fully saturated rings. The number of aromatic nitrogens is 2. The van der Waals surface area contributed by atoms with Crippen LogP contribution >= 0.6 is 0 Å². The second kappa shape index (κ2) is 8.03. The highest BCUT2D eigenvalue weighted by Crippen LogP contribution is 2.25. The molecule has 0 atom stereocenters. The SMILES string of the molecule is Cc1nn(-c2ccccc2)c(C)c1C(=O)N1CCC(C(=O)c2ccccc2)CC1. The third-order valence-corrected chi connectivity index (χ3v) is 5.72. The minimum atomic E-state index is -0.0179. The molecule has 2 heterocycles. The molecule has 148 valence electrons. The van der Waals surface area contributed by atoms with Crippen LogP contribution in [0.3, 0.4) is 0 Å². The third-order valence-electron chi connectivity index (χ3n) is 5.72. The van der Waals surface area contributed by atoms with Crippen molar-refractivity contribution >= 4 is 11.7 Å². The third kappa shape index (κ3) is 3.73. The summed E-state index contributed by atoms with van der Waals surface area (Å²) in [7, 11) is 0. The maximum absolute atomic E-state index is 13.2. The second-order valence-corrected chi connectivity index (χ2v) is 7.59. The molecular formula is C24H25N3O2. The van der Waals surface area contributed by atoms with E-state index in [0.717, 1.165) is 22.6 Å². The molecule has 5 heteroatoms. The van der Waals surface area contributed by atoms with Gasteiger partial charge in [0.1, 0.15) is 0 Å². The number of carbonyl (C=O) groups excluding carboxylic acids is 2. The van der Waals surface area contributed by atoms with E-state index >= 15 is 0 Å². The van der Waals surface area contributed by atoms with Crippen LogP contribution in [0, 0.1) is 19.8 Å². The van der Waals surface area contributed by atoms with Crippen molar-refractivity contribution in [2.45, 2.75) is 26.7 Å². The molecule has 1 aliphatic heterocycles. The van der Waals surface area contributed by atoms with Crippen LogP contribution in [0.25, 0.3) is 5.69 Å². The van der Waals surface area contributed by atoms with Crippen molar-refractivity contribution in [1.82, 2.24) is 14.7 Å². The predicted octanol–water partition coefficient (Wildman–Crippen LogP) is 4.22. The van der Waals surface area contributed by atoms with Gasteiger partial charge in [-0.15, -0.1) is 0 Å². The van der Waals surface area contributed by atoms with E-state index in [9.17, 15) is 9.59 Å². The summed E-state index contributed by atoms with van der Waals surface area (Å²) < 4.78 is 1.83.